The number of nitrogens with one attached hydrogen (secondary N) is 1. The van der Waals surface area contributed by atoms with Gasteiger partial charge in [-0.25, -0.2) is 0 Å². The van der Waals surface area contributed by atoms with Crippen molar-refractivity contribution < 1.29 is 14.4 Å². The molecule has 0 aromatic carbocycles. The zero-order chi connectivity index (χ0) is 14.7. The van der Waals surface area contributed by atoms with E-state index in [1.807, 2.05) is 5.06 Å². The first kappa shape index (κ1) is 15.2. The normalized spacial score (nSPS) is 31.5. The monoisotopic (exact) mass is 297 g/mol. The van der Waals surface area contributed by atoms with Crippen LogP contribution in [-0.2, 0) is 14.4 Å². The molecule has 2 unspecified atom stereocenters. The van der Waals surface area contributed by atoms with Gasteiger partial charge in [0.15, 0.2) is 0 Å². The van der Waals surface area contributed by atoms with Gasteiger partial charge in [-0.2, -0.15) is 5.06 Å². The first-order chi connectivity index (χ1) is 10.2. The first-order valence-corrected chi connectivity index (χ1v) is 8.19. The lowest BCUT2D eigenvalue weighted by Crippen LogP contribution is -2.47. The van der Waals surface area contributed by atoms with Crippen LogP contribution in [0.1, 0.15) is 25.7 Å². The minimum atomic E-state index is 0.150. The fourth-order valence-corrected chi connectivity index (χ4v) is 3.66. The molecule has 0 radical (unpaired) electrons. The van der Waals surface area contributed by atoms with Crippen LogP contribution in [-0.4, -0.2) is 74.5 Å². The summed E-state index contributed by atoms with van der Waals surface area (Å²) in [5.74, 6) is 0.360. The summed E-state index contributed by atoms with van der Waals surface area (Å²) in [5.41, 5.74) is 0. The highest BCUT2D eigenvalue weighted by atomic mass is 16.7. The summed E-state index contributed by atoms with van der Waals surface area (Å²) in [6.45, 7) is 5.45. The number of likely N-dealkylation sites (tertiary alicyclic amines) is 1. The molecule has 6 heteroatoms. The number of fused-ring (bicyclic) bond motifs is 2. The van der Waals surface area contributed by atoms with E-state index in [4.69, 9.17) is 9.57 Å². The van der Waals surface area contributed by atoms with Gasteiger partial charge in [0.2, 0.25) is 5.91 Å². The molecule has 3 saturated heterocycles. The molecule has 0 saturated carbocycles. The van der Waals surface area contributed by atoms with Gasteiger partial charge in [-0.05, 0) is 25.7 Å². The predicted molar refractivity (Wildman–Crippen MR) is 78.7 cm³/mol. The number of amides is 1. The molecular weight excluding hydrogens is 270 g/mol. The van der Waals surface area contributed by atoms with Crippen LogP contribution in [0.5, 0.6) is 0 Å². The molecule has 2 bridgehead atoms. The Balaban J connectivity index is 1.33. The van der Waals surface area contributed by atoms with Crippen molar-refractivity contribution in [2.24, 2.45) is 5.92 Å². The van der Waals surface area contributed by atoms with E-state index in [0.29, 0.717) is 12.2 Å². The van der Waals surface area contributed by atoms with Gasteiger partial charge in [0.1, 0.15) is 0 Å². The second-order valence-electron chi connectivity index (χ2n) is 6.39. The van der Waals surface area contributed by atoms with Gasteiger partial charge < -0.3 is 14.9 Å². The zero-order valence-electron chi connectivity index (χ0n) is 12.9. The number of ether oxygens (including phenoxy) is 1. The Hall–Kier alpha value is -0.690. The fraction of sp³-hybridized carbons (Fsp3) is 0.933. The van der Waals surface area contributed by atoms with Crippen LogP contribution >= 0.6 is 0 Å². The maximum atomic E-state index is 12.2. The summed E-state index contributed by atoms with van der Waals surface area (Å²) < 4.78 is 5.83. The van der Waals surface area contributed by atoms with E-state index in [1.165, 1.54) is 12.8 Å². The average Bonchev–Trinajstić information content (AvgIpc) is 2.86. The van der Waals surface area contributed by atoms with Crippen molar-refractivity contribution in [3.05, 3.63) is 0 Å². The van der Waals surface area contributed by atoms with Gasteiger partial charge in [-0.1, -0.05) is 0 Å². The average molecular weight is 297 g/mol. The van der Waals surface area contributed by atoms with Gasteiger partial charge in [0, 0.05) is 45.2 Å². The highest BCUT2D eigenvalue weighted by Crippen LogP contribution is 2.25. The largest absolute Gasteiger partial charge is 0.372 e. The Bertz CT molecular complexity index is 346. The van der Waals surface area contributed by atoms with E-state index >= 15 is 0 Å². The van der Waals surface area contributed by atoms with Crippen molar-refractivity contribution in [2.45, 2.75) is 37.9 Å². The van der Waals surface area contributed by atoms with Gasteiger partial charge >= 0.3 is 0 Å². The van der Waals surface area contributed by atoms with Crippen LogP contribution in [0.25, 0.3) is 0 Å². The summed E-state index contributed by atoms with van der Waals surface area (Å²) in [6, 6.07) is 0. The lowest BCUT2D eigenvalue weighted by atomic mass is 9.97. The first-order valence-electron chi connectivity index (χ1n) is 8.19. The molecule has 0 aromatic heterocycles. The molecule has 0 spiro atoms. The summed E-state index contributed by atoms with van der Waals surface area (Å²) in [6.07, 6.45) is 5.04. The third-order valence-electron chi connectivity index (χ3n) is 4.93. The Kier molecular flexibility index (Phi) is 5.11. The summed E-state index contributed by atoms with van der Waals surface area (Å²) in [7, 11) is 1.69. The van der Waals surface area contributed by atoms with Crippen molar-refractivity contribution in [1.29, 1.82) is 0 Å². The minimum Gasteiger partial charge on any atom is -0.372 e. The van der Waals surface area contributed by atoms with Crippen molar-refractivity contribution in [1.82, 2.24) is 15.3 Å². The molecule has 6 nitrogen and oxygen atoms in total. The Morgan fingerprint density at radius 3 is 2.48 bits per heavy atom. The second-order valence-corrected chi connectivity index (χ2v) is 6.39. The van der Waals surface area contributed by atoms with Crippen LogP contribution < -0.4 is 5.32 Å². The van der Waals surface area contributed by atoms with Gasteiger partial charge in [0.05, 0.1) is 19.3 Å². The third kappa shape index (κ3) is 3.94. The Morgan fingerprint density at radius 2 is 1.86 bits per heavy atom. The second kappa shape index (κ2) is 7.05. The van der Waals surface area contributed by atoms with E-state index in [1.54, 1.807) is 7.11 Å². The Morgan fingerprint density at radius 1 is 1.19 bits per heavy atom. The predicted octanol–water partition coefficient (Wildman–Crippen LogP) is 0.239. The number of hydrogen-bond donors (Lipinski definition) is 1. The highest BCUT2D eigenvalue weighted by Gasteiger charge is 2.33. The number of morpholine rings is 1. The summed E-state index contributed by atoms with van der Waals surface area (Å²) in [4.78, 5) is 19.8. The topological polar surface area (TPSA) is 54.0 Å². The summed E-state index contributed by atoms with van der Waals surface area (Å²) in [5, 5.41) is 5.03. The van der Waals surface area contributed by atoms with Gasteiger partial charge in [0.25, 0.3) is 0 Å². The maximum absolute atomic E-state index is 12.2. The van der Waals surface area contributed by atoms with Crippen LogP contribution in [0.15, 0.2) is 0 Å². The molecule has 0 aromatic rings. The van der Waals surface area contributed by atoms with Crippen molar-refractivity contribution in [3.63, 3.8) is 0 Å². The molecule has 1 amide bonds. The van der Waals surface area contributed by atoms with E-state index in [-0.39, 0.29) is 11.8 Å². The highest BCUT2D eigenvalue weighted by molar-refractivity contribution is 5.78. The van der Waals surface area contributed by atoms with Crippen molar-refractivity contribution in [3.8, 4) is 0 Å². The SMILES string of the molecule is CON1CCC(C(=O)NCCN2CC3CCC(C2)O3)CC1. The number of rotatable bonds is 5. The van der Waals surface area contributed by atoms with Crippen molar-refractivity contribution in [2.75, 3.05) is 46.4 Å². The molecule has 1 N–H and O–H groups in total. The number of hydrogen-bond acceptors (Lipinski definition) is 5. The lowest BCUT2D eigenvalue weighted by Gasteiger charge is -2.32. The number of piperidine rings is 1. The fourth-order valence-electron chi connectivity index (χ4n) is 3.66. The molecule has 3 fully saturated rings. The molecule has 3 heterocycles. The summed E-state index contributed by atoms with van der Waals surface area (Å²) >= 11 is 0. The van der Waals surface area contributed by atoms with Crippen LogP contribution in [0, 0.1) is 5.92 Å². The minimum absolute atomic E-state index is 0.150. The number of hydroxylamine groups is 2. The molecule has 3 aliphatic heterocycles. The quantitative estimate of drug-likeness (QED) is 0.788. The lowest BCUT2D eigenvalue weighted by molar-refractivity contribution is -0.154. The molecule has 2 atom stereocenters. The van der Waals surface area contributed by atoms with Crippen LogP contribution in [0.2, 0.25) is 0 Å². The molecule has 120 valence electrons. The molecular formula is C15H27N3O3. The Labute approximate surface area is 126 Å². The smallest absolute Gasteiger partial charge is 0.223 e. The molecule has 21 heavy (non-hydrogen) atoms. The molecule has 3 aliphatic rings. The maximum Gasteiger partial charge on any atom is 0.223 e. The van der Waals surface area contributed by atoms with Crippen LogP contribution in [0.4, 0.5) is 0 Å². The van der Waals surface area contributed by atoms with E-state index in [2.05, 4.69) is 10.2 Å². The van der Waals surface area contributed by atoms with Gasteiger partial charge in [-0.15, -0.1) is 0 Å². The number of nitrogens with zero attached hydrogens (tertiary/aromatic N) is 2. The van der Waals surface area contributed by atoms with E-state index in [9.17, 15) is 4.79 Å². The standard InChI is InChI=1S/C15H27N3O3/c1-20-18-7-4-12(5-8-18)15(19)16-6-9-17-10-13-2-3-14(11-17)21-13/h12-14H,2-11H2,1H3,(H,16,19). The molecule has 3 rings (SSSR count). The van der Waals surface area contributed by atoms with Crippen molar-refractivity contribution >= 4 is 5.91 Å². The van der Waals surface area contributed by atoms with E-state index in [0.717, 1.165) is 52.1 Å². The number of carbonyl (C=O) groups excluding carboxylic acids is 1. The molecule has 0 aliphatic carbocycles. The number of carbonyl (C=O) groups is 1. The van der Waals surface area contributed by atoms with Gasteiger partial charge in [-0.3, -0.25) is 9.69 Å². The zero-order valence-corrected chi connectivity index (χ0v) is 12.9. The van der Waals surface area contributed by atoms with Crippen LogP contribution in [0.3, 0.4) is 0 Å². The van der Waals surface area contributed by atoms with E-state index < -0.39 is 0 Å². The third-order valence-corrected chi connectivity index (χ3v) is 4.93.